The molecule has 75 heavy (non-hydrogen) atoms. The van der Waals surface area contributed by atoms with E-state index in [1.165, 1.54) is 27.2 Å². The van der Waals surface area contributed by atoms with Crippen molar-refractivity contribution in [3.63, 3.8) is 0 Å². The SMILES string of the molecule is CC[C@H]1OC(=O)C[C@@H](O)[C@H](C)[C@@H](O[C@@H]2O[C@H](C)[C@@H](O[C@H]3C[C@@](C)(O)[C@@H](O)[C@H](C)O3)[C@H](N(C)C)[C@H]2O[C@@H]2O[C@H](CO)[C@@H](O)[C@H](O)[C@H]2O)[C@@H](CC=O)C[C@@H](C)C(=O)/C=C/C(C)=C/[C@@H]1CO[C@@H]1O[C@H](C)[C@@H](O)[C@@H](OC)[C@H]1OC. The topological polar surface area (TPSA) is 318 Å². The lowest BCUT2D eigenvalue weighted by atomic mass is 9.79. The molecule has 5 aliphatic rings. The number of esters is 1. The first-order valence-corrected chi connectivity index (χ1v) is 26.2. The number of rotatable bonds is 16. The van der Waals surface area contributed by atoms with Crippen LogP contribution in [0.25, 0.3) is 0 Å². The van der Waals surface area contributed by atoms with Crippen LogP contribution in [-0.4, -0.2) is 240 Å². The lowest BCUT2D eigenvalue weighted by molar-refractivity contribution is -0.378. The number of carbonyl (C=O) groups is 3. The third-order valence-corrected chi connectivity index (χ3v) is 15.5. The summed E-state index contributed by atoms with van der Waals surface area (Å²) in [6.45, 7) is 12.5. The zero-order chi connectivity index (χ0) is 55.8. The molecule has 4 fully saturated rings. The molecule has 5 heterocycles. The van der Waals surface area contributed by atoms with Crippen molar-refractivity contribution in [2.45, 2.75) is 222 Å². The Balaban J connectivity index is 1.52. The Morgan fingerprint density at radius 3 is 2.01 bits per heavy atom. The fourth-order valence-electron chi connectivity index (χ4n) is 11.0. The Morgan fingerprint density at radius 1 is 0.760 bits per heavy atom. The van der Waals surface area contributed by atoms with E-state index >= 15 is 0 Å². The molecular weight excluding hydrogens is 991 g/mol. The molecule has 432 valence electrons. The highest BCUT2D eigenvalue weighted by Crippen LogP contribution is 2.40. The smallest absolute Gasteiger partial charge is 0.308 e. The van der Waals surface area contributed by atoms with Gasteiger partial charge in [0.1, 0.15) is 73.4 Å². The van der Waals surface area contributed by atoms with Gasteiger partial charge in [0.15, 0.2) is 30.9 Å². The average molecular weight is 1080 g/mol. The molecule has 0 radical (unpaired) electrons. The Bertz CT molecular complexity index is 1870. The second-order valence-electron chi connectivity index (χ2n) is 21.6. The maximum atomic E-state index is 14.1. The minimum atomic E-state index is -1.87. The molecule has 0 aromatic carbocycles. The third kappa shape index (κ3) is 15.5. The number of ether oxygens (including phenoxy) is 11. The van der Waals surface area contributed by atoms with Gasteiger partial charge in [-0.05, 0) is 73.5 Å². The van der Waals surface area contributed by atoms with Gasteiger partial charge >= 0.3 is 5.97 Å². The van der Waals surface area contributed by atoms with Gasteiger partial charge in [0.25, 0.3) is 0 Å². The highest BCUT2D eigenvalue weighted by atomic mass is 16.8. The lowest BCUT2D eigenvalue weighted by Crippen LogP contribution is -2.68. The van der Waals surface area contributed by atoms with E-state index in [4.69, 9.17) is 52.1 Å². The first-order valence-electron chi connectivity index (χ1n) is 26.2. The largest absolute Gasteiger partial charge is 0.462 e. The van der Waals surface area contributed by atoms with Gasteiger partial charge in [0, 0.05) is 44.8 Å². The molecule has 5 aliphatic heterocycles. The van der Waals surface area contributed by atoms with Crippen molar-refractivity contribution in [1.82, 2.24) is 4.90 Å². The number of aliphatic hydroxyl groups excluding tert-OH is 7. The summed E-state index contributed by atoms with van der Waals surface area (Å²) in [4.78, 5) is 42.4. The monoisotopic (exact) mass is 1080 g/mol. The Morgan fingerprint density at radius 2 is 1.41 bits per heavy atom. The third-order valence-electron chi connectivity index (χ3n) is 15.5. The second-order valence-corrected chi connectivity index (χ2v) is 21.6. The standard InChI is InChI=1S/C52H87NO22/c1-13-34-31(23-67-50-47(66-12)46(65-11)39(59)27(5)69-50)18-24(2)14-15-32(56)25(3)19-30(16-17-54)43(26(4)33(57)20-36(58)71-34)74-51-45(75-49-42(62)41(61)40(60)35(22-55)72-49)38(53(9)10)44(28(6)70-51)73-37-21-52(8,64)48(63)29(7)68-37/h14-15,17-18,25-31,33-35,37-51,55,57,59-64H,13,16,19-23H2,1-12H3/b15-14+,24-18+/t25-,26+,27-,28-,29+,30+,31-,33-,34-,35-,37+,38+,39-,40-,41+,42-,43-,44-,45-,46-,47-,48+,49+,50-,51+,52-/m1/s1. The van der Waals surface area contributed by atoms with Crippen molar-refractivity contribution < 1.29 is 107 Å². The van der Waals surface area contributed by atoms with Gasteiger partial charge in [0.05, 0.1) is 61.8 Å². The summed E-state index contributed by atoms with van der Waals surface area (Å²) in [5.41, 5.74) is -0.973. The maximum Gasteiger partial charge on any atom is 0.308 e. The predicted octanol–water partition coefficient (Wildman–Crippen LogP) is -0.342. The molecule has 0 unspecified atom stereocenters. The summed E-state index contributed by atoms with van der Waals surface area (Å²) in [6.07, 6.45) is -19.1. The lowest BCUT2D eigenvalue weighted by Gasteiger charge is -2.52. The van der Waals surface area contributed by atoms with Gasteiger partial charge in [-0.15, -0.1) is 0 Å². The Hall–Kier alpha value is -2.47. The van der Waals surface area contributed by atoms with E-state index in [1.54, 1.807) is 66.6 Å². The maximum absolute atomic E-state index is 14.1. The number of carbonyl (C=O) groups excluding carboxylic acids is 3. The number of aliphatic hydroxyl groups is 8. The molecule has 5 rings (SSSR count). The normalized spacial score (nSPS) is 47.2. The van der Waals surface area contributed by atoms with Crippen LogP contribution in [0.5, 0.6) is 0 Å². The van der Waals surface area contributed by atoms with E-state index in [2.05, 4.69) is 0 Å². The zero-order valence-corrected chi connectivity index (χ0v) is 45.4. The molecule has 8 N–H and O–H groups in total. The number of nitrogens with zero attached hydrogens (tertiary/aromatic N) is 1. The summed E-state index contributed by atoms with van der Waals surface area (Å²) >= 11 is 0. The number of aldehydes is 1. The van der Waals surface area contributed by atoms with E-state index in [0.717, 1.165) is 0 Å². The van der Waals surface area contributed by atoms with Gasteiger partial charge in [-0.1, -0.05) is 38.5 Å². The predicted molar refractivity (Wildman–Crippen MR) is 263 cm³/mol. The van der Waals surface area contributed by atoms with Crippen LogP contribution < -0.4 is 0 Å². The zero-order valence-electron chi connectivity index (χ0n) is 45.4. The highest BCUT2D eigenvalue weighted by Gasteiger charge is 2.55. The summed E-state index contributed by atoms with van der Waals surface area (Å²) in [7, 11) is 6.29. The summed E-state index contributed by atoms with van der Waals surface area (Å²) in [5, 5.41) is 87.6. The van der Waals surface area contributed by atoms with Gasteiger partial charge in [0.2, 0.25) is 0 Å². The molecule has 0 aromatic rings. The van der Waals surface area contributed by atoms with Gasteiger partial charge in [-0.3, -0.25) is 9.59 Å². The molecule has 23 heteroatoms. The van der Waals surface area contributed by atoms with Gasteiger partial charge in [-0.2, -0.15) is 0 Å². The summed E-state index contributed by atoms with van der Waals surface area (Å²) in [5.74, 6) is -4.20. The quantitative estimate of drug-likeness (QED) is 0.0724. The van der Waals surface area contributed by atoms with Crippen LogP contribution >= 0.6 is 0 Å². The molecule has 26 atom stereocenters. The molecule has 0 amide bonds. The molecule has 0 aromatic heterocycles. The van der Waals surface area contributed by atoms with Crippen LogP contribution in [0, 0.1) is 23.7 Å². The summed E-state index contributed by atoms with van der Waals surface area (Å²) < 4.78 is 68.1. The molecule has 0 spiro atoms. The number of allylic oxidation sites excluding steroid dienone is 3. The summed E-state index contributed by atoms with van der Waals surface area (Å²) in [6, 6.07) is -0.931. The molecule has 0 saturated carbocycles. The Kier molecular flexibility index (Phi) is 23.7. The number of cyclic esters (lactones) is 1. The molecule has 23 nitrogen and oxygen atoms in total. The first kappa shape index (κ1) is 63.4. The minimum Gasteiger partial charge on any atom is -0.462 e. The molecule has 0 bridgehead atoms. The van der Waals surface area contributed by atoms with Crippen LogP contribution in [0.4, 0.5) is 0 Å². The highest BCUT2D eigenvalue weighted by molar-refractivity contribution is 5.91. The van der Waals surface area contributed by atoms with Gasteiger partial charge < -0.3 is 103 Å². The van der Waals surface area contributed by atoms with E-state index in [-0.39, 0.29) is 31.7 Å². The number of methoxy groups -OCH3 is 2. The van der Waals surface area contributed by atoms with Crippen molar-refractivity contribution in [3.05, 3.63) is 23.8 Å². The van der Waals surface area contributed by atoms with Crippen LogP contribution in [0.2, 0.25) is 0 Å². The second kappa shape index (κ2) is 28.1. The molecule has 4 saturated heterocycles. The molecular formula is C52H87NO22. The average Bonchev–Trinajstić information content (AvgIpc) is 3.35. The fourth-order valence-corrected chi connectivity index (χ4v) is 11.0. The van der Waals surface area contributed by atoms with Crippen molar-refractivity contribution in [2.75, 3.05) is 41.5 Å². The van der Waals surface area contributed by atoms with Crippen LogP contribution in [0.1, 0.15) is 87.5 Å². The van der Waals surface area contributed by atoms with E-state index in [9.17, 15) is 55.2 Å². The van der Waals surface area contributed by atoms with Crippen LogP contribution in [0.15, 0.2) is 23.8 Å². The number of likely N-dealkylation sites (N-methyl/N-ethyl adjacent to an activating group) is 1. The van der Waals surface area contributed by atoms with Crippen molar-refractivity contribution >= 4 is 18.0 Å². The molecule has 0 aliphatic carbocycles. The number of hydrogen-bond donors (Lipinski definition) is 8. The van der Waals surface area contributed by atoms with E-state index in [0.29, 0.717) is 18.3 Å². The Labute approximate surface area is 440 Å². The van der Waals surface area contributed by atoms with Crippen LogP contribution in [0.3, 0.4) is 0 Å². The van der Waals surface area contributed by atoms with E-state index < -0.39 is 177 Å². The van der Waals surface area contributed by atoms with E-state index in [1.807, 2.05) is 13.0 Å². The van der Waals surface area contributed by atoms with Gasteiger partial charge in [-0.25, -0.2) is 0 Å². The van der Waals surface area contributed by atoms with Crippen molar-refractivity contribution in [3.8, 4) is 0 Å². The van der Waals surface area contributed by atoms with Crippen molar-refractivity contribution in [1.29, 1.82) is 0 Å². The fraction of sp³-hybridized carbons (Fsp3) is 0.865. The first-order chi connectivity index (χ1) is 35.3. The van der Waals surface area contributed by atoms with Crippen LogP contribution in [-0.2, 0) is 66.5 Å². The van der Waals surface area contributed by atoms with Crippen molar-refractivity contribution in [2.24, 2.45) is 23.7 Å². The number of hydrogen-bond acceptors (Lipinski definition) is 23. The minimum absolute atomic E-state index is 0.0508. The number of ketones is 1.